The molecule has 3 N–H and O–H groups in total. The van der Waals surface area contributed by atoms with E-state index in [-0.39, 0.29) is 17.1 Å². The van der Waals surface area contributed by atoms with Crippen LogP contribution in [0.2, 0.25) is 0 Å². The van der Waals surface area contributed by atoms with Gasteiger partial charge in [0.1, 0.15) is 12.0 Å². The van der Waals surface area contributed by atoms with Crippen LogP contribution in [0.25, 0.3) is 0 Å². The Morgan fingerprint density at radius 1 is 1.24 bits per heavy atom. The quantitative estimate of drug-likeness (QED) is 0.665. The van der Waals surface area contributed by atoms with Crippen LogP contribution in [0.1, 0.15) is 21.5 Å². The Morgan fingerprint density at radius 2 is 1.86 bits per heavy atom. The Labute approximate surface area is 121 Å². The fourth-order valence-electron chi connectivity index (χ4n) is 1.99. The van der Waals surface area contributed by atoms with Gasteiger partial charge in [0.25, 0.3) is 11.6 Å². The highest BCUT2D eigenvalue weighted by molar-refractivity contribution is 6.07. The third-order valence-corrected chi connectivity index (χ3v) is 2.84. The maximum absolute atomic E-state index is 12.2. The maximum Gasteiger partial charge on any atom is 0.288 e. The number of hydrogen-bond acceptors (Lipinski definition) is 5. The molecule has 2 rings (SSSR count). The molecule has 7 heteroatoms. The first-order chi connectivity index (χ1) is 9.86. The summed E-state index contributed by atoms with van der Waals surface area (Å²) in [6, 6.07) is 6.68. The van der Waals surface area contributed by atoms with Gasteiger partial charge in [-0.3, -0.25) is 14.9 Å². The van der Waals surface area contributed by atoms with Crippen molar-refractivity contribution in [1.29, 1.82) is 0 Å². The Balaban J connectivity index is 2.31. The van der Waals surface area contributed by atoms with E-state index in [1.165, 1.54) is 0 Å². The zero-order valence-electron chi connectivity index (χ0n) is 11.6. The summed E-state index contributed by atoms with van der Waals surface area (Å²) >= 11 is 0. The molecular formula is C14H14N4O3. The molecule has 21 heavy (non-hydrogen) atoms. The number of hydrogen-bond donors (Lipinski definition) is 2. The molecule has 7 nitrogen and oxygen atoms in total. The summed E-state index contributed by atoms with van der Waals surface area (Å²) in [4.78, 5) is 26.0. The van der Waals surface area contributed by atoms with Gasteiger partial charge in [-0.05, 0) is 37.1 Å². The van der Waals surface area contributed by atoms with Crippen LogP contribution in [0.4, 0.5) is 17.2 Å². The topological polar surface area (TPSA) is 111 Å². The minimum Gasteiger partial charge on any atom is -0.383 e. The van der Waals surface area contributed by atoms with Crippen LogP contribution >= 0.6 is 0 Å². The molecule has 1 aromatic carbocycles. The second-order valence-electron chi connectivity index (χ2n) is 4.71. The molecule has 1 heterocycles. The zero-order chi connectivity index (χ0) is 15.6. The van der Waals surface area contributed by atoms with Gasteiger partial charge in [-0.15, -0.1) is 0 Å². The summed E-state index contributed by atoms with van der Waals surface area (Å²) in [5.74, 6) is -0.587. The largest absolute Gasteiger partial charge is 0.383 e. The normalized spacial score (nSPS) is 10.2. The molecule has 0 unspecified atom stereocenters. The number of nitrogens with two attached hydrogens (primary N) is 1. The summed E-state index contributed by atoms with van der Waals surface area (Å²) in [5.41, 5.74) is 7.89. The van der Waals surface area contributed by atoms with Crippen molar-refractivity contribution in [3.8, 4) is 0 Å². The Bertz CT molecular complexity index is 708. The Morgan fingerprint density at radius 3 is 2.43 bits per heavy atom. The van der Waals surface area contributed by atoms with Crippen molar-refractivity contribution >= 4 is 23.1 Å². The van der Waals surface area contributed by atoms with Gasteiger partial charge in [0, 0.05) is 11.8 Å². The number of nitro groups is 1. The number of benzene rings is 1. The molecular weight excluding hydrogens is 272 g/mol. The van der Waals surface area contributed by atoms with Crippen molar-refractivity contribution in [1.82, 2.24) is 4.98 Å². The van der Waals surface area contributed by atoms with Crippen molar-refractivity contribution in [3.05, 3.63) is 57.3 Å². The molecule has 0 atom stereocenters. The number of rotatable bonds is 3. The number of carbonyl (C=O) groups is 1. The van der Waals surface area contributed by atoms with Gasteiger partial charge in [0.05, 0.1) is 10.5 Å². The summed E-state index contributed by atoms with van der Waals surface area (Å²) in [5, 5.41) is 13.4. The Kier molecular flexibility index (Phi) is 3.84. The van der Waals surface area contributed by atoms with Gasteiger partial charge < -0.3 is 11.1 Å². The van der Waals surface area contributed by atoms with E-state index < -0.39 is 10.8 Å². The first kappa shape index (κ1) is 14.4. The van der Waals surface area contributed by atoms with Crippen LogP contribution in [0, 0.1) is 24.0 Å². The number of nitrogen functional groups attached to an aromatic ring is 1. The van der Waals surface area contributed by atoms with Crippen LogP contribution in [0.5, 0.6) is 0 Å². The van der Waals surface area contributed by atoms with Gasteiger partial charge in [-0.1, -0.05) is 6.07 Å². The van der Waals surface area contributed by atoms with Crippen molar-refractivity contribution in [2.24, 2.45) is 0 Å². The molecule has 2 aromatic rings. The fourth-order valence-corrected chi connectivity index (χ4v) is 1.99. The lowest BCUT2D eigenvalue weighted by molar-refractivity contribution is -0.385. The van der Waals surface area contributed by atoms with Gasteiger partial charge in [0.2, 0.25) is 0 Å². The Hall–Kier alpha value is -2.96. The third-order valence-electron chi connectivity index (χ3n) is 2.84. The second kappa shape index (κ2) is 5.58. The minimum absolute atomic E-state index is 0.0247. The van der Waals surface area contributed by atoms with Crippen LogP contribution in [-0.2, 0) is 0 Å². The molecule has 0 aliphatic rings. The van der Waals surface area contributed by atoms with E-state index in [4.69, 9.17) is 5.73 Å². The fraction of sp³-hybridized carbons (Fsp3) is 0.143. The molecule has 0 fully saturated rings. The molecule has 1 aromatic heterocycles. The van der Waals surface area contributed by atoms with Crippen LogP contribution in [-0.4, -0.2) is 15.8 Å². The van der Waals surface area contributed by atoms with E-state index in [1.807, 2.05) is 19.9 Å². The van der Waals surface area contributed by atoms with Gasteiger partial charge >= 0.3 is 0 Å². The van der Waals surface area contributed by atoms with Crippen LogP contribution < -0.4 is 11.1 Å². The number of nitrogens with one attached hydrogen (secondary N) is 1. The first-order valence-corrected chi connectivity index (χ1v) is 6.16. The van der Waals surface area contributed by atoms with Crippen molar-refractivity contribution in [2.45, 2.75) is 13.8 Å². The predicted molar refractivity (Wildman–Crippen MR) is 79.2 cm³/mol. The first-order valence-electron chi connectivity index (χ1n) is 6.16. The summed E-state index contributed by atoms with van der Waals surface area (Å²) in [7, 11) is 0. The molecule has 0 saturated carbocycles. The third kappa shape index (κ3) is 3.33. The van der Waals surface area contributed by atoms with Crippen LogP contribution in [0.3, 0.4) is 0 Å². The average Bonchev–Trinajstić information content (AvgIpc) is 2.37. The number of nitrogens with zero attached hydrogens (tertiary/aromatic N) is 2. The van der Waals surface area contributed by atoms with E-state index in [1.54, 1.807) is 12.1 Å². The lowest BCUT2D eigenvalue weighted by atomic mass is 10.1. The number of pyridine rings is 1. The molecule has 0 aliphatic carbocycles. The predicted octanol–water partition coefficient (Wildman–Crippen LogP) is 2.44. The van der Waals surface area contributed by atoms with Crippen molar-refractivity contribution in [3.63, 3.8) is 0 Å². The van der Waals surface area contributed by atoms with E-state index in [9.17, 15) is 14.9 Å². The van der Waals surface area contributed by atoms with Crippen molar-refractivity contribution < 1.29 is 9.72 Å². The average molecular weight is 286 g/mol. The smallest absolute Gasteiger partial charge is 0.288 e. The monoisotopic (exact) mass is 286 g/mol. The van der Waals surface area contributed by atoms with E-state index >= 15 is 0 Å². The number of aromatic nitrogens is 1. The highest BCUT2D eigenvalue weighted by atomic mass is 16.6. The number of amides is 1. The van der Waals surface area contributed by atoms with E-state index in [2.05, 4.69) is 10.3 Å². The molecule has 1 amide bonds. The maximum atomic E-state index is 12.2. The number of carbonyl (C=O) groups excluding carboxylic acids is 1. The van der Waals surface area contributed by atoms with E-state index in [0.717, 1.165) is 23.4 Å². The highest BCUT2D eigenvalue weighted by Crippen LogP contribution is 2.19. The molecule has 0 radical (unpaired) electrons. The molecule has 108 valence electrons. The lowest BCUT2D eigenvalue weighted by Crippen LogP contribution is -2.15. The van der Waals surface area contributed by atoms with Crippen LogP contribution in [0.15, 0.2) is 30.5 Å². The molecule has 0 spiro atoms. The molecule has 0 bridgehead atoms. The summed E-state index contributed by atoms with van der Waals surface area (Å²) < 4.78 is 0. The van der Waals surface area contributed by atoms with E-state index in [0.29, 0.717) is 5.69 Å². The standard InChI is InChI=1S/C14H14N4O3/c1-8-3-9(2)5-10(4-8)17-14(19)12-6-11(18(20)21)7-16-13(12)15/h3-7H,1-2H3,(H2,15,16)(H,17,19). The summed E-state index contributed by atoms with van der Waals surface area (Å²) in [6.07, 6.45) is 1.02. The van der Waals surface area contributed by atoms with Gasteiger partial charge in [-0.25, -0.2) is 4.98 Å². The van der Waals surface area contributed by atoms with Gasteiger partial charge in [0.15, 0.2) is 0 Å². The second-order valence-corrected chi connectivity index (χ2v) is 4.71. The molecule has 0 aliphatic heterocycles. The highest BCUT2D eigenvalue weighted by Gasteiger charge is 2.16. The molecule has 0 saturated heterocycles. The number of anilines is 2. The lowest BCUT2D eigenvalue weighted by Gasteiger charge is -2.08. The minimum atomic E-state index is -0.625. The zero-order valence-corrected chi connectivity index (χ0v) is 11.6. The SMILES string of the molecule is Cc1cc(C)cc(NC(=O)c2cc([N+](=O)[O-])cnc2N)c1. The summed E-state index contributed by atoms with van der Waals surface area (Å²) in [6.45, 7) is 3.82. The van der Waals surface area contributed by atoms with Crippen molar-refractivity contribution in [2.75, 3.05) is 11.1 Å². The number of aryl methyl sites for hydroxylation is 2. The van der Waals surface area contributed by atoms with Gasteiger partial charge in [-0.2, -0.15) is 0 Å².